The molecule has 1 aromatic rings. The van der Waals surface area contributed by atoms with E-state index in [4.69, 9.17) is 0 Å². The van der Waals surface area contributed by atoms with Crippen molar-refractivity contribution in [3.05, 3.63) is 51.0 Å². The van der Waals surface area contributed by atoms with Crippen molar-refractivity contribution in [1.82, 2.24) is 10.2 Å². The van der Waals surface area contributed by atoms with Gasteiger partial charge in [-0.25, -0.2) is 0 Å². The lowest BCUT2D eigenvalue weighted by atomic mass is 9.99. The van der Waals surface area contributed by atoms with E-state index in [1.54, 1.807) is 12.1 Å². The van der Waals surface area contributed by atoms with Gasteiger partial charge in [0.2, 0.25) is 0 Å². The largest absolute Gasteiger partial charge is 0.314 e. The highest BCUT2D eigenvalue weighted by Crippen LogP contribution is 2.32. The SMILES string of the molecule is C=CCC[C@H](c1ccc(Br)c([N+](=O)[O-])c1)N1CCNCC1. The van der Waals surface area contributed by atoms with E-state index < -0.39 is 0 Å². The molecule has 114 valence electrons. The molecule has 5 nitrogen and oxygen atoms in total. The minimum absolute atomic E-state index is 0.131. The van der Waals surface area contributed by atoms with Crippen molar-refractivity contribution in [1.29, 1.82) is 0 Å². The second-order valence-electron chi connectivity index (χ2n) is 5.14. The molecule has 1 aliphatic heterocycles. The number of allylic oxidation sites excluding steroid dienone is 1. The second-order valence-corrected chi connectivity index (χ2v) is 5.99. The fourth-order valence-corrected chi connectivity index (χ4v) is 3.10. The lowest BCUT2D eigenvalue weighted by Crippen LogP contribution is -2.45. The van der Waals surface area contributed by atoms with Crippen molar-refractivity contribution >= 4 is 21.6 Å². The summed E-state index contributed by atoms with van der Waals surface area (Å²) in [5, 5.41) is 14.5. The van der Waals surface area contributed by atoms with E-state index in [9.17, 15) is 10.1 Å². The van der Waals surface area contributed by atoms with Crippen LogP contribution in [-0.4, -0.2) is 36.0 Å². The van der Waals surface area contributed by atoms with E-state index >= 15 is 0 Å². The van der Waals surface area contributed by atoms with Gasteiger partial charge >= 0.3 is 0 Å². The van der Waals surface area contributed by atoms with E-state index in [0.29, 0.717) is 4.47 Å². The molecular weight excluding hydrogens is 334 g/mol. The molecule has 1 aliphatic rings. The molecule has 1 fully saturated rings. The van der Waals surface area contributed by atoms with E-state index in [2.05, 4.69) is 32.7 Å². The number of hydrogen-bond acceptors (Lipinski definition) is 4. The van der Waals surface area contributed by atoms with E-state index in [-0.39, 0.29) is 16.7 Å². The number of nitro benzene ring substituents is 1. The van der Waals surface area contributed by atoms with Crippen molar-refractivity contribution in [2.24, 2.45) is 0 Å². The number of halogens is 1. The molecule has 1 aromatic carbocycles. The van der Waals surface area contributed by atoms with Crippen molar-refractivity contribution in [3.63, 3.8) is 0 Å². The van der Waals surface area contributed by atoms with Gasteiger partial charge in [0, 0.05) is 38.3 Å². The van der Waals surface area contributed by atoms with Crippen molar-refractivity contribution in [3.8, 4) is 0 Å². The summed E-state index contributed by atoms with van der Waals surface area (Å²) in [6.45, 7) is 7.64. The maximum Gasteiger partial charge on any atom is 0.283 e. The van der Waals surface area contributed by atoms with Crippen LogP contribution in [0.5, 0.6) is 0 Å². The lowest BCUT2D eigenvalue weighted by Gasteiger charge is -2.35. The van der Waals surface area contributed by atoms with Crippen LogP contribution in [-0.2, 0) is 0 Å². The van der Waals surface area contributed by atoms with Crippen molar-refractivity contribution < 1.29 is 4.92 Å². The maximum atomic E-state index is 11.1. The molecule has 0 spiro atoms. The standard InChI is InChI=1S/C15H20BrN3O2/c1-2-3-4-14(18-9-7-17-8-10-18)12-5-6-13(16)15(11-12)19(20)21/h2,5-6,11,14,17H,1,3-4,7-10H2/t14-/m1/s1. The van der Waals surface area contributed by atoms with E-state index in [1.807, 2.05) is 12.1 Å². The van der Waals surface area contributed by atoms with Crippen LogP contribution >= 0.6 is 15.9 Å². The van der Waals surface area contributed by atoms with Crippen LogP contribution in [0.3, 0.4) is 0 Å². The average molecular weight is 354 g/mol. The van der Waals surface area contributed by atoms with E-state index in [1.165, 1.54) is 0 Å². The summed E-state index contributed by atoms with van der Waals surface area (Å²) < 4.78 is 0.527. The zero-order chi connectivity index (χ0) is 15.2. The minimum Gasteiger partial charge on any atom is -0.314 e. The number of rotatable bonds is 6. The van der Waals surface area contributed by atoms with Gasteiger partial charge in [-0.3, -0.25) is 15.0 Å². The number of piperazine rings is 1. The van der Waals surface area contributed by atoms with Gasteiger partial charge in [-0.1, -0.05) is 12.1 Å². The summed E-state index contributed by atoms with van der Waals surface area (Å²) in [6, 6.07) is 5.65. The molecule has 0 bridgehead atoms. The van der Waals surface area contributed by atoms with Gasteiger partial charge in [0.1, 0.15) is 0 Å². The summed E-state index contributed by atoms with van der Waals surface area (Å²) >= 11 is 3.25. The summed E-state index contributed by atoms with van der Waals surface area (Å²) in [6.07, 6.45) is 3.74. The number of benzene rings is 1. The summed E-state index contributed by atoms with van der Waals surface area (Å²) in [5.74, 6) is 0. The molecule has 0 aromatic heterocycles. The van der Waals surface area contributed by atoms with E-state index in [0.717, 1.165) is 44.6 Å². The van der Waals surface area contributed by atoms with Crippen molar-refractivity contribution in [2.45, 2.75) is 18.9 Å². The Morgan fingerprint density at radius 3 is 2.81 bits per heavy atom. The van der Waals surface area contributed by atoms with Crippen LogP contribution in [0.1, 0.15) is 24.4 Å². The van der Waals surface area contributed by atoms with Gasteiger partial charge in [-0.05, 0) is 40.4 Å². The predicted octanol–water partition coefficient (Wildman–Crippen LogP) is 3.27. The van der Waals surface area contributed by atoms with Gasteiger partial charge in [0.15, 0.2) is 0 Å². The molecule has 0 saturated carbocycles. The minimum atomic E-state index is -0.337. The molecule has 2 rings (SSSR count). The number of nitro groups is 1. The van der Waals surface area contributed by atoms with Crippen LogP contribution in [0.2, 0.25) is 0 Å². The summed E-state index contributed by atoms with van der Waals surface area (Å²) in [5.41, 5.74) is 1.14. The molecular formula is C15H20BrN3O2. The fourth-order valence-electron chi connectivity index (χ4n) is 2.71. The molecule has 1 atom stereocenters. The number of nitrogens with zero attached hydrogens (tertiary/aromatic N) is 2. The quantitative estimate of drug-likeness (QED) is 0.484. The van der Waals surface area contributed by atoms with Crippen molar-refractivity contribution in [2.75, 3.05) is 26.2 Å². The average Bonchev–Trinajstić information content (AvgIpc) is 2.50. The van der Waals surface area contributed by atoms with Crippen LogP contribution in [0.15, 0.2) is 35.3 Å². The third kappa shape index (κ3) is 4.12. The molecule has 0 aliphatic carbocycles. The normalized spacial score (nSPS) is 17.4. The van der Waals surface area contributed by atoms with Crippen LogP contribution in [0, 0.1) is 10.1 Å². The Bertz CT molecular complexity index is 516. The maximum absolute atomic E-state index is 11.1. The molecule has 0 unspecified atom stereocenters. The van der Waals surface area contributed by atoms with Gasteiger partial charge in [0.25, 0.3) is 5.69 Å². The highest BCUT2D eigenvalue weighted by molar-refractivity contribution is 9.10. The Balaban J connectivity index is 2.28. The third-order valence-electron chi connectivity index (χ3n) is 3.79. The Morgan fingerprint density at radius 1 is 1.48 bits per heavy atom. The summed E-state index contributed by atoms with van der Waals surface area (Å²) in [4.78, 5) is 13.2. The first kappa shape index (κ1) is 16.1. The zero-order valence-electron chi connectivity index (χ0n) is 11.9. The number of hydrogen-bond donors (Lipinski definition) is 1. The molecule has 21 heavy (non-hydrogen) atoms. The lowest BCUT2D eigenvalue weighted by molar-refractivity contribution is -0.385. The van der Waals surface area contributed by atoms with Crippen LogP contribution in [0.4, 0.5) is 5.69 Å². The van der Waals surface area contributed by atoms with Gasteiger partial charge in [-0.2, -0.15) is 0 Å². The first-order valence-electron chi connectivity index (χ1n) is 7.13. The second kappa shape index (κ2) is 7.68. The molecule has 0 amide bonds. The van der Waals surface area contributed by atoms with Crippen LogP contribution in [0.25, 0.3) is 0 Å². The summed E-state index contributed by atoms with van der Waals surface area (Å²) in [7, 11) is 0. The monoisotopic (exact) mass is 353 g/mol. The first-order chi connectivity index (χ1) is 10.1. The Morgan fingerprint density at radius 2 is 2.19 bits per heavy atom. The topological polar surface area (TPSA) is 58.4 Å². The Kier molecular flexibility index (Phi) is 5.90. The molecule has 6 heteroatoms. The molecule has 1 heterocycles. The molecule has 1 N–H and O–H groups in total. The highest BCUT2D eigenvalue weighted by atomic mass is 79.9. The first-order valence-corrected chi connectivity index (χ1v) is 7.92. The smallest absolute Gasteiger partial charge is 0.283 e. The third-order valence-corrected chi connectivity index (χ3v) is 4.46. The zero-order valence-corrected chi connectivity index (χ0v) is 13.5. The highest BCUT2D eigenvalue weighted by Gasteiger charge is 2.24. The van der Waals surface area contributed by atoms with Gasteiger partial charge in [0.05, 0.1) is 9.40 Å². The fraction of sp³-hybridized carbons (Fsp3) is 0.467. The Labute approximate surface area is 133 Å². The van der Waals surface area contributed by atoms with Gasteiger partial charge < -0.3 is 5.32 Å². The molecule has 0 radical (unpaired) electrons. The van der Waals surface area contributed by atoms with Gasteiger partial charge in [-0.15, -0.1) is 6.58 Å². The van der Waals surface area contributed by atoms with Crippen LogP contribution < -0.4 is 5.32 Å². The predicted molar refractivity (Wildman–Crippen MR) is 87.4 cm³/mol. The Hall–Kier alpha value is -1.24. The molecule has 1 saturated heterocycles. The number of nitrogens with one attached hydrogen (secondary N) is 1.